The normalized spacial score (nSPS) is 11.4. The largest absolute Gasteiger partial charge is 0.396 e. The van der Waals surface area contributed by atoms with Crippen LogP contribution in [0.4, 0.5) is 11.4 Å². The molecule has 3 N–H and O–H groups in total. The van der Waals surface area contributed by atoms with Crippen LogP contribution < -0.4 is 10.5 Å². The number of aromatic nitrogens is 1. The molecule has 0 amide bonds. The van der Waals surface area contributed by atoms with Crippen LogP contribution in [-0.2, 0) is 10.0 Å². The third-order valence-electron chi connectivity index (χ3n) is 1.92. The Hall–Kier alpha value is -1.12. The van der Waals surface area contributed by atoms with Gasteiger partial charge in [0.2, 0.25) is 0 Å². The summed E-state index contributed by atoms with van der Waals surface area (Å²) in [6.07, 6.45) is 2.86. The number of pyridine rings is 1. The zero-order chi connectivity index (χ0) is 12.5. The molecule has 2 heterocycles. The number of halogens is 1. The molecule has 90 valence electrons. The molecule has 0 aliphatic rings. The number of anilines is 2. The monoisotopic (exact) mass is 333 g/mol. The summed E-state index contributed by atoms with van der Waals surface area (Å²) in [4.78, 5) is 3.79. The molecule has 2 rings (SSSR count). The molecule has 0 saturated carbocycles. The van der Waals surface area contributed by atoms with Gasteiger partial charge in [0, 0.05) is 10.7 Å². The molecule has 0 aliphatic carbocycles. The number of nitrogen functional groups attached to an aromatic ring is 1. The lowest BCUT2D eigenvalue weighted by Gasteiger charge is -2.08. The number of sulfonamides is 1. The summed E-state index contributed by atoms with van der Waals surface area (Å²) < 4.78 is 27.2. The fraction of sp³-hybridized carbons (Fsp3) is 0. The van der Waals surface area contributed by atoms with Crippen LogP contribution in [0.1, 0.15) is 0 Å². The summed E-state index contributed by atoms with van der Waals surface area (Å²) in [5.74, 6) is 0. The predicted octanol–water partition coefficient (Wildman–Crippen LogP) is 2.29. The van der Waals surface area contributed by atoms with Crippen LogP contribution in [0.3, 0.4) is 0 Å². The van der Waals surface area contributed by atoms with E-state index in [-0.39, 0.29) is 9.90 Å². The smallest absolute Gasteiger partial charge is 0.272 e. The number of nitrogens with one attached hydrogen (secondary N) is 1. The SMILES string of the molecule is Nc1cnccc1NS(=O)(=O)c1sccc1Br. The van der Waals surface area contributed by atoms with E-state index in [9.17, 15) is 8.42 Å². The van der Waals surface area contributed by atoms with Crippen molar-refractivity contribution in [2.45, 2.75) is 4.21 Å². The van der Waals surface area contributed by atoms with Crippen molar-refractivity contribution in [3.63, 3.8) is 0 Å². The van der Waals surface area contributed by atoms with Gasteiger partial charge in [-0.25, -0.2) is 8.42 Å². The minimum Gasteiger partial charge on any atom is -0.396 e. The lowest BCUT2D eigenvalue weighted by Crippen LogP contribution is -2.13. The molecule has 0 aliphatic heterocycles. The first-order valence-electron chi connectivity index (χ1n) is 4.46. The third-order valence-corrected chi connectivity index (χ3v) is 5.96. The first kappa shape index (κ1) is 12.3. The highest BCUT2D eigenvalue weighted by Crippen LogP contribution is 2.30. The second kappa shape index (κ2) is 4.63. The number of hydrogen-bond donors (Lipinski definition) is 2. The van der Waals surface area contributed by atoms with Gasteiger partial charge in [0.25, 0.3) is 10.0 Å². The predicted molar refractivity (Wildman–Crippen MR) is 71.5 cm³/mol. The van der Waals surface area contributed by atoms with E-state index in [2.05, 4.69) is 25.6 Å². The maximum atomic E-state index is 12.0. The number of nitrogens with zero attached hydrogens (tertiary/aromatic N) is 1. The average molecular weight is 334 g/mol. The van der Waals surface area contributed by atoms with Gasteiger partial charge in [0.15, 0.2) is 4.21 Å². The molecule has 2 aromatic rings. The van der Waals surface area contributed by atoms with Gasteiger partial charge in [-0.15, -0.1) is 11.3 Å². The summed E-state index contributed by atoms with van der Waals surface area (Å²) in [5, 5.41) is 1.69. The quantitative estimate of drug-likeness (QED) is 0.902. The molecule has 0 unspecified atom stereocenters. The van der Waals surface area contributed by atoms with Crippen molar-refractivity contribution in [1.82, 2.24) is 4.98 Å². The Morgan fingerprint density at radius 1 is 1.41 bits per heavy atom. The van der Waals surface area contributed by atoms with Crippen molar-refractivity contribution >= 4 is 48.7 Å². The summed E-state index contributed by atoms with van der Waals surface area (Å²) in [7, 11) is -3.61. The number of rotatable bonds is 3. The van der Waals surface area contributed by atoms with E-state index in [0.717, 1.165) is 11.3 Å². The molecule has 0 saturated heterocycles. The van der Waals surface area contributed by atoms with E-state index in [4.69, 9.17) is 5.73 Å². The highest BCUT2D eigenvalue weighted by atomic mass is 79.9. The lowest BCUT2D eigenvalue weighted by atomic mass is 10.4. The standard InChI is InChI=1S/C9H8BrN3O2S2/c10-6-2-4-16-9(6)17(14,15)13-8-1-3-12-5-7(8)11/h1-5H,11H2,(H,12,13). The number of thiophene rings is 1. The molecule has 17 heavy (non-hydrogen) atoms. The van der Waals surface area contributed by atoms with Gasteiger partial charge in [-0.05, 0) is 33.4 Å². The fourth-order valence-corrected chi connectivity index (χ4v) is 4.59. The van der Waals surface area contributed by atoms with Crippen LogP contribution in [0, 0.1) is 0 Å². The summed E-state index contributed by atoms with van der Waals surface area (Å²) in [5.41, 5.74) is 6.22. The van der Waals surface area contributed by atoms with Crippen LogP contribution in [0.15, 0.2) is 38.6 Å². The Labute approximate surface area is 111 Å². The number of hydrogen-bond acceptors (Lipinski definition) is 5. The van der Waals surface area contributed by atoms with Crippen LogP contribution in [-0.4, -0.2) is 13.4 Å². The van der Waals surface area contributed by atoms with E-state index in [1.54, 1.807) is 11.4 Å². The molecule has 0 spiro atoms. The molecular formula is C9H8BrN3O2S2. The first-order chi connectivity index (χ1) is 8.00. The maximum absolute atomic E-state index is 12.0. The molecule has 0 fully saturated rings. The molecule has 2 aromatic heterocycles. The van der Waals surface area contributed by atoms with Crippen molar-refractivity contribution in [2.75, 3.05) is 10.5 Å². The van der Waals surface area contributed by atoms with Crippen LogP contribution in [0.5, 0.6) is 0 Å². The summed E-state index contributed by atoms with van der Waals surface area (Å²) >= 11 is 4.31. The maximum Gasteiger partial charge on any atom is 0.272 e. The fourth-order valence-electron chi connectivity index (χ4n) is 1.16. The minimum atomic E-state index is -3.61. The second-order valence-corrected chi connectivity index (χ2v) is 6.77. The van der Waals surface area contributed by atoms with E-state index in [0.29, 0.717) is 10.2 Å². The third kappa shape index (κ3) is 2.59. The zero-order valence-electron chi connectivity index (χ0n) is 8.42. The van der Waals surface area contributed by atoms with Crippen LogP contribution >= 0.6 is 27.3 Å². The Kier molecular flexibility index (Phi) is 3.36. The zero-order valence-corrected chi connectivity index (χ0v) is 11.6. The molecule has 0 radical (unpaired) electrons. The van der Waals surface area contributed by atoms with Crippen molar-refractivity contribution in [3.05, 3.63) is 34.4 Å². The Morgan fingerprint density at radius 2 is 2.18 bits per heavy atom. The first-order valence-corrected chi connectivity index (χ1v) is 7.61. The Bertz CT molecular complexity index is 639. The van der Waals surface area contributed by atoms with Crippen LogP contribution in [0.2, 0.25) is 0 Å². The summed E-state index contributed by atoms with van der Waals surface area (Å²) in [6, 6.07) is 3.18. The topological polar surface area (TPSA) is 85.1 Å². The highest BCUT2D eigenvalue weighted by molar-refractivity contribution is 9.10. The second-order valence-electron chi connectivity index (χ2n) is 3.12. The minimum absolute atomic E-state index is 0.216. The Balaban J connectivity index is 2.37. The number of nitrogens with two attached hydrogens (primary N) is 1. The van der Waals surface area contributed by atoms with Gasteiger partial charge < -0.3 is 5.73 Å². The van der Waals surface area contributed by atoms with Gasteiger partial charge in [-0.3, -0.25) is 9.71 Å². The van der Waals surface area contributed by atoms with Crippen molar-refractivity contribution in [2.24, 2.45) is 0 Å². The van der Waals surface area contributed by atoms with Crippen LogP contribution in [0.25, 0.3) is 0 Å². The highest BCUT2D eigenvalue weighted by Gasteiger charge is 2.19. The molecular weight excluding hydrogens is 326 g/mol. The summed E-state index contributed by atoms with van der Waals surface area (Å²) in [6.45, 7) is 0. The van der Waals surface area contributed by atoms with Crippen molar-refractivity contribution in [1.29, 1.82) is 0 Å². The van der Waals surface area contributed by atoms with E-state index in [1.165, 1.54) is 18.5 Å². The molecule has 8 heteroatoms. The molecule has 5 nitrogen and oxygen atoms in total. The molecule has 0 bridgehead atoms. The molecule has 0 aromatic carbocycles. The Morgan fingerprint density at radius 3 is 2.76 bits per heavy atom. The van der Waals surface area contributed by atoms with Gasteiger partial charge in [-0.2, -0.15) is 0 Å². The van der Waals surface area contributed by atoms with Gasteiger partial charge in [0.05, 0.1) is 17.6 Å². The van der Waals surface area contributed by atoms with E-state index in [1.807, 2.05) is 0 Å². The van der Waals surface area contributed by atoms with Gasteiger partial charge in [-0.1, -0.05) is 0 Å². The van der Waals surface area contributed by atoms with E-state index < -0.39 is 10.0 Å². The lowest BCUT2D eigenvalue weighted by molar-refractivity contribution is 0.603. The molecule has 0 atom stereocenters. The van der Waals surface area contributed by atoms with E-state index >= 15 is 0 Å². The van der Waals surface area contributed by atoms with Crippen molar-refractivity contribution < 1.29 is 8.42 Å². The van der Waals surface area contributed by atoms with Crippen molar-refractivity contribution in [3.8, 4) is 0 Å². The van der Waals surface area contributed by atoms with Gasteiger partial charge >= 0.3 is 0 Å². The van der Waals surface area contributed by atoms with Gasteiger partial charge in [0.1, 0.15) is 0 Å². The average Bonchev–Trinajstić information content (AvgIpc) is 2.68.